The van der Waals surface area contributed by atoms with E-state index in [1.807, 2.05) is 7.05 Å². The molecule has 0 fully saturated rings. The van der Waals surface area contributed by atoms with Gasteiger partial charge in [0.15, 0.2) is 0 Å². The average Bonchev–Trinajstić information content (AvgIpc) is 2.40. The SMILES string of the molecule is [CH2-]c1cc(CC)ccc1-c1ccccc1SNC.[Y]. The molecule has 0 atom stereocenters. The Morgan fingerprint density at radius 2 is 1.84 bits per heavy atom. The molecule has 2 aromatic carbocycles. The first kappa shape index (κ1) is 16.8. The molecule has 1 N–H and O–H groups in total. The number of benzene rings is 2. The van der Waals surface area contributed by atoms with Crippen molar-refractivity contribution in [2.24, 2.45) is 0 Å². The smallest absolute Gasteiger partial charge is 0.0184 e. The molecule has 0 saturated carbocycles. The topological polar surface area (TPSA) is 12.0 Å². The third-order valence-corrected chi connectivity index (χ3v) is 3.75. The second kappa shape index (κ2) is 8.11. The fraction of sp³-hybridized carbons (Fsp3) is 0.188. The zero-order valence-corrected chi connectivity index (χ0v) is 15.1. The van der Waals surface area contributed by atoms with E-state index in [4.69, 9.17) is 0 Å². The number of hydrogen-bond acceptors (Lipinski definition) is 2. The van der Waals surface area contributed by atoms with Gasteiger partial charge in [0, 0.05) is 37.6 Å². The van der Waals surface area contributed by atoms with Gasteiger partial charge < -0.3 is 0 Å². The molecule has 97 valence electrons. The molecule has 0 aliphatic carbocycles. The summed E-state index contributed by atoms with van der Waals surface area (Å²) in [6.07, 6.45) is 1.05. The number of nitrogens with one attached hydrogen (secondary N) is 1. The predicted octanol–water partition coefficient (Wildman–Crippen LogP) is 4.32. The van der Waals surface area contributed by atoms with E-state index in [1.54, 1.807) is 11.9 Å². The van der Waals surface area contributed by atoms with Crippen molar-refractivity contribution in [3.05, 3.63) is 60.5 Å². The molecular weight excluding hydrogens is 327 g/mol. The Kier molecular flexibility index (Phi) is 7.16. The van der Waals surface area contributed by atoms with Crippen molar-refractivity contribution in [3.63, 3.8) is 0 Å². The molecule has 3 heteroatoms. The fourth-order valence-electron chi connectivity index (χ4n) is 2.02. The van der Waals surface area contributed by atoms with E-state index < -0.39 is 0 Å². The van der Waals surface area contributed by atoms with E-state index >= 15 is 0 Å². The van der Waals surface area contributed by atoms with Crippen molar-refractivity contribution in [2.45, 2.75) is 18.2 Å². The van der Waals surface area contributed by atoms with Gasteiger partial charge in [0.2, 0.25) is 0 Å². The minimum atomic E-state index is 0. The molecule has 2 rings (SSSR count). The minimum Gasteiger partial charge on any atom is -0.263 e. The van der Waals surface area contributed by atoms with Crippen molar-refractivity contribution >= 4 is 11.9 Å². The van der Waals surface area contributed by atoms with Gasteiger partial charge in [-0.2, -0.15) is 18.6 Å². The summed E-state index contributed by atoms with van der Waals surface area (Å²) in [4.78, 5) is 1.23. The summed E-state index contributed by atoms with van der Waals surface area (Å²) < 4.78 is 3.13. The first-order valence-electron chi connectivity index (χ1n) is 6.14. The maximum Gasteiger partial charge on any atom is 0.0184 e. The molecule has 0 amide bonds. The zero-order chi connectivity index (χ0) is 13.0. The van der Waals surface area contributed by atoms with Gasteiger partial charge in [-0.25, -0.2) is 0 Å². The Balaban J connectivity index is 0.00000180. The molecular formula is C16H18NSY-. The van der Waals surface area contributed by atoms with Crippen molar-refractivity contribution in [1.82, 2.24) is 4.72 Å². The summed E-state index contributed by atoms with van der Waals surface area (Å²) in [5.41, 5.74) is 4.89. The predicted molar refractivity (Wildman–Crippen MR) is 80.6 cm³/mol. The third-order valence-electron chi connectivity index (χ3n) is 2.97. The summed E-state index contributed by atoms with van der Waals surface area (Å²) in [5.74, 6) is 0. The normalized spacial score (nSPS) is 10.0. The van der Waals surface area contributed by atoms with Crippen LogP contribution in [0.25, 0.3) is 11.1 Å². The number of aryl methyl sites for hydroxylation is 1. The summed E-state index contributed by atoms with van der Waals surface area (Å²) in [7, 11) is 1.94. The van der Waals surface area contributed by atoms with Crippen LogP contribution in [0.4, 0.5) is 0 Å². The molecule has 0 bridgehead atoms. The second-order valence-corrected chi connectivity index (χ2v) is 5.20. The molecule has 0 saturated heterocycles. The summed E-state index contributed by atoms with van der Waals surface area (Å²) in [6, 6.07) is 14.9. The van der Waals surface area contributed by atoms with Crippen LogP contribution in [0.5, 0.6) is 0 Å². The number of rotatable bonds is 4. The van der Waals surface area contributed by atoms with Gasteiger partial charge in [0.25, 0.3) is 0 Å². The molecule has 0 heterocycles. The summed E-state index contributed by atoms with van der Waals surface area (Å²) >= 11 is 1.64. The van der Waals surface area contributed by atoms with E-state index in [-0.39, 0.29) is 32.7 Å². The molecule has 1 radical (unpaired) electrons. The van der Waals surface area contributed by atoms with E-state index in [0.717, 1.165) is 12.0 Å². The molecule has 0 spiro atoms. The van der Waals surface area contributed by atoms with Crippen molar-refractivity contribution in [3.8, 4) is 11.1 Å². The quantitative estimate of drug-likeness (QED) is 0.654. The van der Waals surface area contributed by atoms with Crippen molar-refractivity contribution < 1.29 is 32.7 Å². The number of hydrogen-bond donors (Lipinski definition) is 1. The first-order valence-corrected chi connectivity index (χ1v) is 6.95. The first-order chi connectivity index (χ1) is 8.76. The van der Waals surface area contributed by atoms with Gasteiger partial charge in [0.05, 0.1) is 0 Å². The Hall–Kier alpha value is -0.276. The molecule has 1 nitrogen and oxygen atoms in total. The van der Waals surface area contributed by atoms with Crippen LogP contribution in [0.1, 0.15) is 18.1 Å². The van der Waals surface area contributed by atoms with Gasteiger partial charge in [-0.05, 0) is 31.5 Å². The van der Waals surface area contributed by atoms with E-state index in [1.165, 1.54) is 21.6 Å². The van der Waals surface area contributed by atoms with Crippen molar-refractivity contribution in [2.75, 3.05) is 7.05 Å². The molecule has 0 unspecified atom stereocenters. The van der Waals surface area contributed by atoms with Gasteiger partial charge >= 0.3 is 0 Å². The van der Waals surface area contributed by atoms with E-state index in [0.29, 0.717) is 0 Å². The monoisotopic (exact) mass is 345 g/mol. The maximum absolute atomic E-state index is 4.18. The minimum absolute atomic E-state index is 0. The maximum atomic E-state index is 4.18. The molecule has 0 aliphatic rings. The molecule has 0 aromatic heterocycles. The largest absolute Gasteiger partial charge is 0.263 e. The van der Waals surface area contributed by atoms with Crippen LogP contribution in [0.2, 0.25) is 0 Å². The van der Waals surface area contributed by atoms with Crippen LogP contribution >= 0.6 is 11.9 Å². The van der Waals surface area contributed by atoms with Gasteiger partial charge in [-0.1, -0.05) is 36.8 Å². The fourth-order valence-corrected chi connectivity index (χ4v) is 2.67. The van der Waals surface area contributed by atoms with Crippen LogP contribution in [0.3, 0.4) is 0 Å². The summed E-state index contributed by atoms with van der Waals surface area (Å²) in [5, 5.41) is 0. The van der Waals surface area contributed by atoms with Crippen LogP contribution in [0.15, 0.2) is 47.4 Å². The molecule has 2 aromatic rings. The molecule has 19 heavy (non-hydrogen) atoms. The van der Waals surface area contributed by atoms with Crippen LogP contribution in [-0.2, 0) is 39.1 Å². The van der Waals surface area contributed by atoms with Gasteiger partial charge in [-0.3, -0.25) is 4.72 Å². The third kappa shape index (κ3) is 4.09. The van der Waals surface area contributed by atoms with E-state index in [2.05, 4.69) is 61.0 Å². The standard InChI is InChI=1S/C16H18NS.Y/c1-4-13-9-10-14(12(2)11-13)15-7-5-6-8-16(15)18-17-3;/h5-11,17H,2,4H2,1,3H3;/q-1;. The van der Waals surface area contributed by atoms with Gasteiger partial charge in [-0.15, -0.1) is 17.2 Å². The van der Waals surface area contributed by atoms with Crippen LogP contribution in [0, 0.1) is 6.92 Å². The zero-order valence-electron chi connectivity index (χ0n) is 11.4. The van der Waals surface area contributed by atoms with Gasteiger partial charge in [0.1, 0.15) is 0 Å². The van der Waals surface area contributed by atoms with Crippen LogP contribution < -0.4 is 4.72 Å². The molecule has 0 aliphatic heterocycles. The Morgan fingerprint density at radius 3 is 2.47 bits per heavy atom. The Bertz CT molecular complexity index is 540. The average molecular weight is 345 g/mol. The Morgan fingerprint density at radius 1 is 1.11 bits per heavy atom. The van der Waals surface area contributed by atoms with Crippen molar-refractivity contribution in [1.29, 1.82) is 0 Å². The van der Waals surface area contributed by atoms with Crippen LogP contribution in [-0.4, -0.2) is 7.05 Å². The Labute approximate surface area is 145 Å². The van der Waals surface area contributed by atoms with E-state index in [9.17, 15) is 0 Å². The second-order valence-electron chi connectivity index (χ2n) is 4.15. The summed E-state index contributed by atoms with van der Waals surface area (Å²) in [6.45, 7) is 6.34.